The number of benzene rings is 2. The lowest BCUT2D eigenvalue weighted by Gasteiger charge is -2.26. The van der Waals surface area contributed by atoms with Crippen molar-refractivity contribution in [1.29, 1.82) is 0 Å². The summed E-state index contributed by atoms with van der Waals surface area (Å²) < 4.78 is 10.8. The lowest BCUT2D eigenvalue weighted by Crippen LogP contribution is -2.31. The van der Waals surface area contributed by atoms with Crippen LogP contribution in [0.5, 0.6) is 5.75 Å². The van der Waals surface area contributed by atoms with E-state index >= 15 is 0 Å². The van der Waals surface area contributed by atoms with Crippen molar-refractivity contribution < 1.29 is 19.1 Å². The Kier molecular flexibility index (Phi) is 8.16. The van der Waals surface area contributed by atoms with Gasteiger partial charge in [0.25, 0.3) is 0 Å². The van der Waals surface area contributed by atoms with Crippen molar-refractivity contribution >= 4 is 34.5 Å². The molecule has 0 unspecified atom stereocenters. The van der Waals surface area contributed by atoms with Gasteiger partial charge in [0.15, 0.2) is 5.17 Å². The fraction of sp³-hybridized carbons (Fsp3) is 0.320. The van der Waals surface area contributed by atoms with Crippen molar-refractivity contribution in [3.63, 3.8) is 0 Å². The zero-order valence-electron chi connectivity index (χ0n) is 19.5. The summed E-state index contributed by atoms with van der Waals surface area (Å²) in [6, 6.07) is 12.6. The average Bonchev–Trinajstić information content (AvgIpc) is 2.79. The number of anilines is 1. The molecule has 2 aromatic carbocycles. The van der Waals surface area contributed by atoms with E-state index in [4.69, 9.17) is 14.5 Å². The molecule has 7 nitrogen and oxygen atoms in total. The van der Waals surface area contributed by atoms with Gasteiger partial charge >= 0.3 is 5.97 Å². The number of hydrogen-bond acceptors (Lipinski definition) is 7. The highest BCUT2D eigenvalue weighted by atomic mass is 32.2. The summed E-state index contributed by atoms with van der Waals surface area (Å²) in [5.41, 5.74) is 4.86. The molecule has 33 heavy (non-hydrogen) atoms. The van der Waals surface area contributed by atoms with Gasteiger partial charge in [0, 0.05) is 16.9 Å². The summed E-state index contributed by atoms with van der Waals surface area (Å²) in [4.78, 5) is 30.0. The van der Waals surface area contributed by atoms with Crippen LogP contribution in [0.3, 0.4) is 0 Å². The summed E-state index contributed by atoms with van der Waals surface area (Å²) in [5, 5.41) is 6.61. The molecule has 0 spiro atoms. The third-order valence-electron chi connectivity index (χ3n) is 5.28. The quantitative estimate of drug-likeness (QED) is 0.582. The van der Waals surface area contributed by atoms with Gasteiger partial charge < -0.3 is 20.1 Å². The SMILES string of the molecule is CCOC(=O)C1=C(C)NC(SCC(=O)Nc2ccc(C)c(C)c2)=N[C@H]1c1ccccc1OC. The molecule has 2 aromatic rings. The molecular formula is C25H29N3O4S. The Labute approximate surface area is 198 Å². The van der Waals surface area contributed by atoms with Crippen LogP contribution in [0.25, 0.3) is 0 Å². The van der Waals surface area contributed by atoms with Crippen molar-refractivity contribution in [3.05, 3.63) is 70.4 Å². The molecule has 1 amide bonds. The van der Waals surface area contributed by atoms with E-state index in [0.29, 0.717) is 22.2 Å². The third kappa shape index (κ3) is 5.96. The zero-order valence-corrected chi connectivity index (χ0v) is 20.3. The number of carbonyl (C=O) groups excluding carboxylic acids is 2. The van der Waals surface area contributed by atoms with Gasteiger partial charge in [-0.15, -0.1) is 0 Å². The molecule has 3 rings (SSSR count). The lowest BCUT2D eigenvalue weighted by molar-refractivity contribution is -0.139. The second kappa shape index (κ2) is 11.0. The highest BCUT2D eigenvalue weighted by Crippen LogP contribution is 2.37. The number of thioether (sulfide) groups is 1. The van der Waals surface area contributed by atoms with Crippen LogP contribution < -0.4 is 15.4 Å². The summed E-state index contributed by atoms with van der Waals surface area (Å²) in [6.07, 6.45) is 0. The summed E-state index contributed by atoms with van der Waals surface area (Å²) in [6.45, 7) is 7.87. The average molecular weight is 468 g/mol. The largest absolute Gasteiger partial charge is 0.496 e. The van der Waals surface area contributed by atoms with Gasteiger partial charge in [0.05, 0.1) is 25.0 Å². The fourth-order valence-electron chi connectivity index (χ4n) is 3.46. The Balaban J connectivity index is 1.80. The van der Waals surface area contributed by atoms with Crippen molar-refractivity contribution in [1.82, 2.24) is 5.32 Å². The second-order valence-corrected chi connectivity index (χ2v) is 8.56. The smallest absolute Gasteiger partial charge is 0.338 e. The van der Waals surface area contributed by atoms with E-state index in [1.807, 2.05) is 56.3 Å². The molecule has 2 N–H and O–H groups in total. The van der Waals surface area contributed by atoms with Gasteiger partial charge in [-0.05, 0) is 57.0 Å². The number of amidine groups is 1. The van der Waals surface area contributed by atoms with Gasteiger partial charge in [-0.3, -0.25) is 4.79 Å². The van der Waals surface area contributed by atoms with Crippen LogP contribution in [0.15, 0.2) is 58.7 Å². The molecule has 0 radical (unpaired) electrons. The van der Waals surface area contributed by atoms with E-state index in [9.17, 15) is 9.59 Å². The van der Waals surface area contributed by atoms with Crippen LogP contribution in [0.2, 0.25) is 0 Å². The summed E-state index contributed by atoms with van der Waals surface area (Å²) in [5.74, 6) is 0.220. The zero-order chi connectivity index (χ0) is 24.0. The number of rotatable bonds is 7. The van der Waals surface area contributed by atoms with Crippen LogP contribution in [0.4, 0.5) is 5.69 Å². The number of amides is 1. The third-order valence-corrected chi connectivity index (χ3v) is 6.17. The minimum Gasteiger partial charge on any atom is -0.496 e. The van der Waals surface area contributed by atoms with Gasteiger partial charge in [0.1, 0.15) is 11.8 Å². The Hall–Kier alpha value is -3.26. The molecule has 0 aliphatic carbocycles. The number of nitrogens with one attached hydrogen (secondary N) is 2. The van der Waals surface area contributed by atoms with Crippen LogP contribution in [0, 0.1) is 13.8 Å². The number of aryl methyl sites for hydroxylation is 2. The van der Waals surface area contributed by atoms with Crippen LogP contribution >= 0.6 is 11.8 Å². The highest BCUT2D eigenvalue weighted by molar-refractivity contribution is 8.14. The highest BCUT2D eigenvalue weighted by Gasteiger charge is 2.32. The van der Waals surface area contributed by atoms with Gasteiger partial charge in [-0.1, -0.05) is 36.0 Å². The van der Waals surface area contributed by atoms with Crippen LogP contribution in [-0.4, -0.2) is 36.5 Å². The predicted molar refractivity (Wildman–Crippen MR) is 133 cm³/mol. The maximum Gasteiger partial charge on any atom is 0.338 e. The topological polar surface area (TPSA) is 89.0 Å². The number of aliphatic imine (C=N–C) groups is 1. The first-order valence-electron chi connectivity index (χ1n) is 10.7. The van der Waals surface area contributed by atoms with Gasteiger partial charge in [-0.25, -0.2) is 9.79 Å². The van der Waals surface area contributed by atoms with E-state index in [0.717, 1.165) is 16.8 Å². The number of esters is 1. The number of para-hydroxylation sites is 1. The number of ether oxygens (including phenoxy) is 2. The number of carbonyl (C=O) groups is 2. The molecule has 174 valence electrons. The van der Waals surface area contributed by atoms with E-state index in [1.54, 1.807) is 21.0 Å². The second-order valence-electron chi connectivity index (χ2n) is 7.60. The minimum atomic E-state index is -0.605. The molecule has 1 heterocycles. The van der Waals surface area contributed by atoms with Crippen LogP contribution in [0.1, 0.15) is 36.6 Å². The lowest BCUT2D eigenvalue weighted by atomic mass is 9.96. The molecule has 1 atom stereocenters. The molecule has 8 heteroatoms. The van der Waals surface area contributed by atoms with Gasteiger partial charge in [0.2, 0.25) is 5.91 Å². The molecule has 0 aromatic heterocycles. The van der Waals surface area contributed by atoms with E-state index in [2.05, 4.69) is 10.6 Å². The Morgan fingerprint density at radius 1 is 1.12 bits per heavy atom. The van der Waals surface area contributed by atoms with Crippen molar-refractivity contribution in [2.24, 2.45) is 4.99 Å². The standard InChI is InChI=1S/C25H29N3O4S/c1-6-32-24(30)22-17(4)26-25(28-23(22)19-9-7-8-10-20(19)31-5)33-14-21(29)27-18-12-11-15(2)16(3)13-18/h7-13,23H,6,14H2,1-5H3,(H,26,28)(H,27,29)/t23-/m0/s1. The van der Waals surface area contributed by atoms with E-state index in [1.165, 1.54) is 17.3 Å². The Morgan fingerprint density at radius 3 is 2.58 bits per heavy atom. The molecule has 0 saturated heterocycles. The van der Waals surface area contributed by atoms with Crippen LogP contribution in [-0.2, 0) is 14.3 Å². The number of allylic oxidation sites excluding steroid dienone is 1. The minimum absolute atomic E-state index is 0.139. The van der Waals surface area contributed by atoms with Crippen molar-refractivity contribution in [2.75, 3.05) is 24.8 Å². The summed E-state index contributed by atoms with van der Waals surface area (Å²) in [7, 11) is 1.58. The molecule has 0 fully saturated rings. The first-order valence-corrected chi connectivity index (χ1v) is 11.7. The number of hydrogen-bond donors (Lipinski definition) is 2. The molecule has 1 aliphatic rings. The maximum absolute atomic E-state index is 12.7. The van der Waals surface area contributed by atoms with E-state index < -0.39 is 12.0 Å². The predicted octanol–water partition coefficient (Wildman–Crippen LogP) is 4.52. The first kappa shape index (κ1) is 24.4. The van der Waals surface area contributed by atoms with Gasteiger partial charge in [-0.2, -0.15) is 0 Å². The van der Waals surface area contributed by atoms with Crippen molar-refractivity contribution in [2.45, 2.75) is 33.7 Å². The normalized spacial score (nSPS) is 15.4. The molecular weight excluding hydrogens is 438 g/mol. The monoisotopic (exact) mass is 467 g/mol. The summed E-state index contributed by atoms with van der Waals surface area (Å²) >= 11 is 1.27. The maximum atomic E-state index is 12.7. The van der Waals surface area contributed by atoms with E-state index in [-0.39, 0.29) is 18.3 Å². The van der Waals surface area contributed by atoms with Crippen molar-refractivity contribution in [3.8, 4) is 5.75 Å². The Morgan fingerprint density at radius 2 is 1.88 bits per heavy atom. The number of nitrogens with zero attached hydrogens (tertiary/aromatic N) is 1. The Bertz CT molecular complexity index is 1110. The number of methoxy groups -OCH3 is 1. The first-order chi connectivity index (χ1) is 15.8. The molecule has 1 aliphatic heterocycles. The molecule has 0 saturated carbocycles. The fourth-order valence-corrected chi connectivity index (χ4v) is 4.21. The molecule has 0 bridgehead atoms.